The topological polar surface area (TPSA) is 137 Å². The van der Waals surface area contributed by atoms with Crippen molar-refractivity contribution in [2.45, 2.75) is 25.7 Å². The number of nitrogens with zero attached hydrogens (tertiary/aromatic N) is 4. The number of aromatic nitrogens is 4. The summed E-state index contributed by atoms with van der Waals surface area (Å²) < 4.78 is 40.9. The molecule has 0 bridgehead atoms. The zero-order valence-corrected chi connectivity index (χ0v) is 23.2. The van der Waals surface area contributed by atoms with Crippen molar-refractivity contribution in [2.75, 3.05) is 25.0 Å². The standard InChI is InChI=1S/C27H30N6O5S/c1-17-7-6-8-18(2)25(17)22-14-24(31-27(30-22)32-39(35,36)21-15-29-33(4)16-21)38-23-10-9-20(13-19(23)3)26(34)28-11-12-37-5/h6-10,13-16H,11-12H2,1-5H3,(H,28,34)(H,30,31,32). The fourth-order valence-electron chi connectivity index (χ4n) is 3.97. The highest BCUT2D eigenvalue weighted by atomic mass is 32.2. The van der Waals surface area contributed by atoms with Crippen LogP contribution in [0.3, 0.4) is 0 Å². The lowest BCUT2D eigenvalue weighted by Gasteiger charge is -2.14. The van der Waals surface area contributed by atoms with Gasteiger partial charge in [0.2, 0.25) is 11.8 Å². The van der Waals surface area contributed by atoms with Crippen molar-refractivity contribution in [3.63, 3.8) is 0 Å². The molecule has 2 aromatic carbocycles. The lowest BCUT2D eigenvalue weighted by atomic mass is 10.00. The number of amides is 1. The van der Waals surface area contributed by atoms with Crippen molar-refractivity contribution in [2.24, 2.45) is 7.05 Å². The Morgan fingerprint density at radius 2 is 1.77 bits per heavy atom. The van der Waals surface area contributed by atoms with Crippen LogP contribution in [-0.2, 0) is 21.8 Å². The molecule has 1 amide bonds. The smallest absolute Gasteiger partial charge is 0.267 e. The van der Waals surface area contributed by atoms with Gasteiger partial charge in [-0.1, -0.05) is 18.2 Å². The van der Waals surface area contributed by atoms with Crippen LogP contribution >= 0.6 is 0 Å². The molecule has 2 aromatic heterocycles. The Morgan fingerprint density at radius 1 is 1.03 bits per heavy atom. The quantitative estimate of drug-likeness (QED) is 0.285. The second-order valence-corrected chi connectivity index (χ2v) is 10.7. The van der Waals surface area contributed by atoms with Crippen LogP contribution in [0.15, 0.2) is 59.8 Å². The number of hydrogen-bond acceptors (Lipinski definition) is 8. The maximum Gasteiger partial charge on any atom is 0.267 e. The van der Waals surface area contributed by atoms with Crippen molar-refractivity contribution in [3.05, 3.63) is 77.1 Å². The minimum absolute atomic E-state index is 0.0243. The van der Waals surface area contributed by atoms with Gasteiger partial charge >= 0.3 is 0 Å². The Morgan fingerprint density at radius 3 is 2.41 bits per heavy atom. The third-order valence-electron chi connectivity index (χ3n) is 5.90. The van der Waals surface area contributed by atoms with E-state index in [2.05, 4.69) is 25.1 Å². The van der Waals surface area contributed by atoms with Gasteiger partial charge in [-0.2, -0.15) is 10.1 Å². The van der Waals surface area contributed by atoms with E-state index >= 15 is 0 Å². The molecule has 12 heteroatoms. The average Bonchev–Trinajstić information content (AvgIpc) is 3.32. The highest BCUT2D eigenvalue weighted by molar-refractivity contribution is 7.92. The summed E-state index contributed by atoms with van der Waals surface area (Å²) in [6.07, 6.45) is 2.62. The number of rotatable bonds is 10. The minimum atomic E-state index is -4.00. The third-order valence-corrected chi connectivity index (χ3v) is 7.18. The second-order valence-electron chi connectivity index (χ2n) is 8.97. The Kier molecular flexibility index (Phi) is 8.27. The summed E-state index contributed by atoms with van der Waals surface area (Å²) in [7, 11) is -0.811. The number of benzene rings is 2. The van der Waals surface area contributed by atoms with E-state index in [-0.39, 0.29) is 22.6 Å². The summed E-state index contributed by atoms with van der Waals surface area (Å²) in [6.45, 7) is 6.51. The van der Waals surface area contributed by atoms with E-state index in [9.17, 15) is 13.2 Å². The van der Waals surface area contributed by atoms with Gasteiger partial charge in [0, 0.05) is 44.1 Å². The molecule has 39 heavy (non-hydrogen) atoms. The number of nitrogens with one attached hydrogen (secondary N) is 2. The number of hydrogen-bond donors (Lipinski definition) is 2. The molecule has 11 nitrogen and oxygen atoms in total. The molecule has 0 saturated carbocycles. The Labute approximate surface area is 227 Å². The molecular weight excluding hydrogens is 520 g/mol. The van der Waals surface area contributed by atoms with Crippen LogP contribution in [0.25, 0.3) is 11.3 Å². The summed E-state index contributed by atoms with van der Waals surface area (Å²) in [5, 5.41) is 6.71. The lowest BCUT2D eigenvalue weighted by molar-refractivity contribution is 0.0937. The first-order valence-corrected chi connectivity index (χ1v) is 13.6. The van der Waals surface area contributed by atoms with Crippen LogP contribution in [-0.4, -0.2) is 54.3 Å². The molecule has 2 heterocycles. The first-order chi connectivity index (χ1) is 18.6. The molecule has 2 N–H and O–H groups in total. The van der Waals surface area contributed by atoms with E-state index in [4.69, 9.17) is 9.47 Å². The monoisotopic (exact) mass is 550 g/mol. The first-order valence-electron chi connectivity index (χ1n) is 12.1. The van der Waals surface area contributed by atoms with Gasteiger partial charge < -0.3 is 14.8 Å². The molecule has 0 aliphatic rings. The van der Waals surface area contributed by atoms with Gasteiger partial charge in [0.05, 0.1) is 18.5 Å². The Hall–Kier alpha value is -4.29. The highest BCUT2D eigenvalue weighted by Gasteiger charge is 2.20. The molecule has 0 atom stereocenters. The van der Waals surface area contributed by atoms with Crippen LogP contribution in [0.1, 0.15) is 27.0 Å². The molecule has 4 rings (SSSR count). The molecule has 204 valence electrons. The van der Waals surface area contributed by atoms with Crippen LogP contribution in [0.5, 0.6) is 11.6 Å². The fourth-order valence-corrected chi connectivity index (χ4v) is 4.90. The molecule has 0 unspecified atom stereocenters. The van der Waals surface area contributed by atoms with Gasteiger partial charge in [-0.15, -0.1) is 0 Å². The number of aryl methyl sites for hydroxylation is 4. The number of carbonyl (C=O) groups is 1. The summed E-state index contributed by atoms with van der Waals surface area (Å²) in [4.78, 5) is 21.2. The summed E-state index contributed by atoms with van der Waals surface area (Å²) in [5.74, 6) is 0.205. The van der Waals surface area contributed by atoms with Crippen molar-refractivity contribution < 1.29 is 22.7 Å². The molecule has 0 saturated heterocycles. The van der Waals surface area contributed by atoms with Crippen LogP contribution in [0.2, 0.25) is 0 Å². The largest absolute Gasteiger partial charge is 0.439 e. The van der Waals surface area contributed by atoms with Crippen LogP contribution in [0, 0.1) is 20.8 Å². The van der Waals surface area contributed by atoms with Crippen molar-refractivity contribution >= 4 is 21.9 Å². The zero-order chi connectivity index (χ0) is 28.2. The summed E-state index contributed by atoms with van der Waals surface area (Å²) in [6, 6.07) is 12.5. The molecule has 0 aliphatic heterocycles. The summed E-state index contributed by atoms with van der Waals surface area (Å²) >= 11 is 0. The minimum Gasteiger partial charge on any atom is -0.439 e. The first kappa shape index (κ1) is 27.7. The number of ether oxygens (including phenoxy) is 2. The maximum absolute atomic E-state index is 13.0. The fraction of sp³-hybridized carbons (Fsp3) is 0.259. The Bertz CT molecular complexity index is 1600. The van der Waals surface area contributed by atoms with Gasteiger partial charge in [0.1, 0.15) is 10.6 Å². The lowest BCUT2D eigenvalue weighted by Crippen LogP contribution is -2.26. The molecule has 0 radical (unpaired) electrons. The van der Waals surface area contributed by atoms with Gasteiger partial charge in [-0.3, -0.25) is 9.48 Å². The van der Waals surface area contributed by atoms with E-state index in [1.165, 1.54) is 17.1 Å². The predicted molar refractivity (Wildman–Crippen MR) is 146 cm³/mol. The number of anilines is 1. The molecule has 0 aliphatic carbocycles. The van der Waals surface area contributed by atoms with Crippen molar-refractivity contribution in [1.82, 2.24) is 25.1 Å². The molecule has 0 fully saturated rings. The van der Waals surface area contributed by atoms with Crippen LogP contribution in [0.4, 0.5) is 5.95 Å². The van der Waals surface area contributed by atoms with E-state index in [1.54, 1.807) is 45.3 Å². The second kappa shape index (κ2) is 11.6. The van der Waals surface area contributed by atoms with Crippen molar-refractivity contribution in [1.29, 1.82) is 0 Å². The van der Waals surface area contributed by atoms with Gasteiger partial charge in [-0.25, -0.2) is 18.1 Å². The van der Waals surface area contributed by atoms with Crippen LogP contribution < -0.4 is 14.8 Å². The average molecular weight is 551 g/mol. The maximum atomic E-state index is 13.0. The van der Waals surface area contributed by atoms with Gasteiger partial charge in [-0.05, 0) is 55.7 Å². The SMILES string of the molecule is COCCNC(=O)c1ccc(Oc2cc(-c3c(C)cccc3C)nc(NS(=O)(=O)c3cnn(C)c3)n2)c(C)c1. The highest BCUT2D eigenvalue weighted by Crippen LogP contribution is 2.32. The predicted octanol–water partition coefficient (Wildman–Crippen LogP) is 3.77. The Balaban J connectivity index is 1.70. The summed E-state index contributed by atoms with van der Waals surface area (Å²) in [5.41, 5.74) is 4.41. The van der Waals surface area contributed by atoms with E-state index in [1.807, 2.05) is 32.0 Å². The van der Waals surface area contributed by atoms with E-state index < -0.39 is 10.0 Å². The van der Waals surface area contributed by atoms with Gasteiger partial charge in [0.25, 0.3) is 15.9 Å². The molecular formula is C27H30N6O5S. The molecule has 4 aromatic rings. The molecule has 0 spiro atoms. The number of methoxy groups -OCH3 is 1. The van der Waals surface area contributed by atoms with E-state index in [0.29, 0.717) is 35.7 Å². The van der Waals surface area contributed by atoms with Crippen molar-refractivity contribution in [3.8, 4) is 22.9 Å². The number of carbonyl (C=O) groups excluding carboxylic acids is 1. The zero-order valence-electron chi connectivity index (χ0n) is 22.3. The van der Waals surface area contributed by atoms with E-state index in [0.717, 1.165) is 16.7 Å². The van der Waals surface area contributed by atoms with Gasteiger partial charge in [0.15, 0.2) is 0 Å². The number of sulfonamides is 1. The normalized spacial score (nSPS) is 11.3. The third kappa shape index (κ3) is 6.59.